The molecule has 0 radical (unpaired) electrons. The minimum Gasteiger partial charge on any atom is -0.465 e. The molecule has 2 rings (SSSR count). The summed E-state index contributed by atoms with van der Waals surface area (Å²) in [5, 5.41) is 3.43. The lowest BCUT2D eigenvalue weighted by Gasteiger charge is -1.99. The molecule has 0 saturated heterocycles. The van der Waals surface area contributed by atoms with Gasteiger partial charge in [-0.15, -0.1) is 0 Å². The number of hydrogen-bond donors (Lipinski definition) is 1. The summed E-state index contributed by atoms with van der Waals surface area (Å²) in [6.45, 7) is 4.67. The lowest BCUT2D eigenvalue weighted by molar-refractivity contribution is 0.0599. The molecule has 0 spiro atoms. The molecule has 0 amide bonds. The minimum atomic E-state index is -0.338. The van der Waals surface area contributed by atoms with Crippen molar-refractivity contribution in [3.05, 3.63) is 23.2 Å². The van der Waals surface area contributed by atoms with E-state index >= 15 is 0 Å². The second-order valence-corrected chi connectivity index (χ2v) is 4.57. The first-order valence-corrected chi connectivity index (χ1v) is 6.06. The minimum absolute atomic E-state index is 0.338. The second kappa shape index (κ2) is 4.92. The number of hydrogen-bond acceptors (Lipinski definition) is 4. The molecule has 1 heterocycles. The van der Waals surface area contributed by atoms with Crippen LogP contribution in [0.2, 0.25) is 0 Å². The fourth-order valence-corrected chi connectivity index (χ4v) is 2.12. The van der Waals surface area contributed by atoms with E-state index < -0.39 is 0 Å². The summed E-state index contributed by atoms with van der Waals surface area (Å²) in [7, 11) is 1.38. The zero-order valence-electron chi connectivity index (χ0n) is 10.6. The van der Waals surface area contributed by atoms with Crippen LogP contribution in [0.25, 0.3) is 0 Å². The van der Waals surface area contributed by atoms with Crippen molar-refractivity contribution in [2.75, 3.05) is 7.11 Å². The highest BCUT2D eigenvalue weighted by atomic mass is 16.5. The van der Waals surface area contributed by atoms with Gasteiger partial charge in [0.2, 0.25) is 0 Å². The summed E-state index contributed by atoms with van der Waals surface area (Å²) in [4.78, 5) is 11.4. The van der Waals surface area contributed by atoms with Crippen LogP contribution in [-0.2, 0) is 11.3 Å². The molecule has 1 aliphatic rings. The van der Waals surface area contributed by atoms with Gasteiger partial charge in [0.05, 0.1) is 13.7 Å². The van der Waals surface area contributed by atoms with Crippen molar-refractivity contribution < 1.29 is 13.9 Å². The average Bonchev–Trinajstić information content (AvgIpc) is 3.01. The summed E-state index contributed by atoms with van der Waals surface area (Å²) >= 11 is 0. The Balaban J connectivity index is 1.91. The molecule has 2 unspecified atom stereocenters. The van der Waals surface area contributed by atoms with Crippen LogP contribution in [0.3, 0.4) is 0 Å². The Morgan fingerprint density at radius 2 is 2.41 bits per heavy atom. The maximum Gasteiger partial charge on any atom is 0.341 e. The zero-order valence-corrected chi connectivity index (χ0v) is 10.6. The van der Waals surface area contributed by atoms with E-state index in [2.05, 4.69) is 17.0 Å². The normalized spacial score (nSPS) is 22.5. The van der Waals surface area contributed by atoms with Crippen molar-refractivity contribution in [1.82, 2.24) is 5.32 Å². The topological polar surface area (TPSA) is 51.5 Å². The van der Waals surface area contributed by atoms with Gasteiger partial charge in [0.25, 0.3) is 0 Å². The number of esters is 1. The van der Waals surface area contributed by atoms with E-state index in [9.17, 15) is 4.79 Å². The van der Waals surface area contributed by atoms with Crippen LogP contribution in [0.1, 0.15) is 41.6 Å². The van der Waals surface area contributed by atoms with Crippen LogP contribution >= 0.6 is 0 Å². The van der Waals surface area contributed by atoms with Gasteiger partial charge in [-0.1, -0.05) is 13.3 Å². The van der Waals surface area contributed by atoms with Gasteiger partial charge in [-0.2, -0.15) is 0 Å². The molecule has 0 aliphatic heterocycles. The number of methoxy groups -OCH3 is 1. The Morgan fingerprint density at radius 1 is 1.65 bits per heavy atom. The van der Waals surface area contributed by atoms with Crippen LogP contribution in [0.4, 0.5) is 0 Å². The van der Waals surface area contributed by atoms with Gasteiger partial charge in [0, 0.05) is 6.04 Å². The molecule has 0 aromatic carbocycles. The summed E-state index contributed by atoms with van der Waals surface area (Å²) in [5.41, 5.74) is 0.520. The number of nitrogens with one attached hydrogen (secondary N) is 1. The van der Waals surface area contributed by atoms with Gasteiger partial charge in [-0.3, -0.25) is 0 Å². The second-order valence-electron chi connectivity index (χ2n) is 4.57. The molecule has 4 heteroatoms. The maximum absolute atomic E-state index is 11.4. The predicted molar refractivity (Wildman–Crippen MR) is 63.8 cm³/mol. The van der Waals surface area contributed by atoms with Crippen LogP contribution in [0.15, 0.2) is 10.5 Å². The molecule has 94 valence electrons. The van der Waals surface area contributed by atoms with Crippen LogP contribution < -0.4 is 5.32 Å². The SMILES string of the molecule is CCC1CC1NCc1cc(C(=O)OC)c(C)o1. The van der Waals surface area contributed by atoms with E-state index in [0.717, 1.165) is 11.7 Å². The molecule has 1 aromatic rings. The first-order valence-electron chi connectivity index (χ1n) is 6.06. The van der Waals surface area contributed by atoms with E-state index in [1.165, 1.54) is 20.0 Å². The molecule has 0 bridgehead atoms. The van der Waals surface area contributed by atoms with E-state index in [0.29, 0.717) is 23.9 Å². The third kappa shape index (κ3) is 2.69. The molecule has 1 saturated carbocycles. The van der Waals surface area contributed by atoms with Crippen LogP contribution in [-0.4, -0.2) is 19.1 Å². The first-order chi connectivity index (χ1) is 8.15. The molecular weight excluding hydrogens is 218 g/mol. The quantitative estimate of drug-likeness (QED) is 0.798. The Bertz CT molecular complexity index is 411. The molecular formula is C13H19NO3. The number of furan rings is 1. The highest BCUT2D eigenvalue weighted by molar-refractivity contribution is 5.90. The van der Waals surface area contributed by atoms with Gasteiger partial charge in [-0.05, 0) is 25.3 Å². The number of aryl methyl sites for hydroxylation is 1. The lowest BCUT2D eigenvalue weighted by Crippen LogP contribution is -2.17. The molecule has 1 aromatic heterocycles. The number of rotatable bonds is 5. The molecule has 17 heavy (non-hydrogen) atoms. The van der Waals surface area contributed by atoms with E-state index in [-0.39, 0.29) is 5.97 Å². The Morgan fingerprint density at radius 3 is 3.00 bits per heavy atom. The van der Waals surface area contributed by atoms with Crippen molar-refractivity contribution >= 4 is 5.97 Å². The van der Waals surface area contributed by atoms with Crippen LogP contribution in [0, 0.1) is 12.8 Å². The van der Waals surface area contributed by atoms with Crippen molar-refractivity contribution in [3.63, 3.8) is 0 Å². The summed E-state index contributed by atoms with van der Waals surface area (Å²) in [6.07, 6.45) is 2.47. The average molecular weight is 237 g/mol. The van der Waals surface area contributed by atoms with Gasteiger partial charge in [0.15, 0.2) is 0 Å². The van der Waals surface area contributed by atoms with Crippen molar-refractivity contribution in [2.24, 2.45) is 5.92 Å². The van der Waals surface area contributed by atoms with Crippen LogP contribution in [0.5, 0.6) is 0 Å². The Kier molecular flexibility index (Phi) is 3.52. The van der Waals surface area contributed by atoms with Gasteiger partial charge in [-0.25, -0.2) is 4.79 Å². The number of carbonyl (C=O) groups is 1. The van der Waals surface area contributed by atoms with Crippen molar-refractivity contribution in [3.8, 4) is 0 Å². The third-order valence-corrected chi connectivity index (χ3v) is 3.36. The maximum atomic E-state index is 11.4. The predicted octanol–water partition coefficient (Wildman–Crippen LogP) is 2.26. The zero-order chi connectivity index (χ0) is 12.4. The highest BCUT2D eigenvalue weighted by Gasteiger charge is 2.34. The fraction of sp³-hybridized carbons (Fsp3) is 0.615. The van der Waals surface area contributed by atoms with Gasteiger partial charge >= 0.3 is 5.97 Å². The number of ether oxygens (including phenoxy) is 1. The standard InChI is InChI=1S/C13H19NO3/c1-4-9-5-12(9)14-7-10-6-11(8(2)17-10)13(15)16-3/h6,9,12,14H,4-5,7H2,1-3H3. The molecule has 1 fully saturated rings. The highest BCUT2D eigenvalue weighted by Crippen LogP contribution is 2.33. The third-order valence-electron chi connectivity index (χ3n) is 3.36. The smallest absolute Gasteiger partial charge is 0.341 e. The Labute approximate surface area is 101 Å². The fourth-order valence-electron chi connectivity index (χ4n) is 2.12. The Hall–Kier alpha value is -1.29. The molecule has 4 nitrogen and oxygen atoms in total. The largest absolute Gasteiger partial charge is 0.465 e. The molecule has 2 atom stereocenters. The van der Waals surface area contributed by atoms with Gasteiger partial charge < -0.3 is 14.5 Å². The van der Waals surface area contributed by atoms with E-state index in [4.69, 9.17) is 4.42 Å². The molecule has 1 aliphatic carbocycles. The monoisotopic (exact) mass is 237 g/mol. The van der Waals surface area contributed by atoms with Crippen molar-refractivity contribution in [2.45, 2.75) is 39.3 Å². The summed E-state index contributed by atoms with van der Waals surface area (Å²) < 4.78 is 10.2. The van der Waals surface area contributed by atoms with Crippen molar-refractivity contribution in [1.29, 1.82) is 0 Å². The number of carbonyl (C=O) groups excluding carboxylic acids is 1. The lowest BCUT2D eigenvalue weighted by atomic mass is 10.2. The summed E-state index contributed by atoms with van der Waals surface area (Å²) in [5.74, 6) is 1.89. The van der Waals surface area contributed by atoms with Gasteiger partial charge in [0.1, 0.15) is 17.1 Å². The first kappa shape index (κ1) is 12.2. The summed E-state index contributed by atoms with van der Waals surface area (Å²) in [6, 6.07) is 2.38. The molecule has 1 N–H and O–H groups in total. The van der Waals surface area contributed by atoms with E-state index in [1.54, 1.807) is 13.0 Å². The van der Waals surface area contributed by atoms with E-state index in [1.807, 2.05) is 0 Å².